The Bertz CT molecular complexity index is 732. The third kappa shape index (κ3) is 5.62. The molecule has 1 unspecified atom stereocenters. The molecule has 0 spiro atoms. The Balaban J connectivity index is 2.36. The predicted molar refractivity (Wildman–Crippen MR) is 117 cm³/mol. The molecule has 0 saturated carbocycles. The first-order valence-corrected chi connectivity index (χ1v) is 10.6. The Morgan fingerprint density at radius 1 is 0.963 bits per heavy atom. The summed E-state index contributed by atoms with van der Waals surface area (Å²) in [5, 5.41) is 11.0. The zero-order valence-corrected chi connectivity index (χ0v) is 18.2. The van der Waals surface area contributed by atoms with Gasteiger partial charge in [-0.2, -0.15) is 0 Å². The number of aromatic hydroxyl groups is 1. The van der Waals surface area contributed by atoms with Crippen molar-refractivity contribution in [1.82, 2.24) is 0 Å². The van der Waals surface area contributed by atoms with E-state index < -0.39 is 0 Å². The molecule has 2 nitrogen and oxygen atoms in total. The molecule has 0 aliphatic heterocycles. The van der Waals surface area contributed by atoms with E-state index in [0.29, 0.717) is 12.2 Å². The minimum atomic E-state index is -0.133. The van der Waals surface area contributed by atoms with Gasteiger partial charge in [-0.05, 0) is 33.1 Å². The third-order valence-electron chi connectivity index (χ3n) is 4.72. The van der Waals surface area contributed by atoms with Gasteiger partial charge < -0.3 is 9.90 Å². The highest BCUT2D eigenvalue weighted by atomic mass is 32.2. The van der Waals surface area contributed by atoms with Crippen molar-refractivity contribution in [1.29, 1.82) is 0 Å². The maximum Gasteiger partial charge on any atom is 0.123 e. The van der Waals surface area contributed by atoms with Crippen LogP contribution in [0.15, 0.2) is 42.5 Å². The number of carbonyl (C=O) groups excluding carboxylic acids is 1. The molecule has 146 valence electrons. The zero-order valence-electron chi connectivity index (χ0n) is 17.4. The lowest BCUT2D eigenvalue weighted by Gasteiger charge is -2.28. The maximum absolute atomic E-state index is 11.2. The fraction of sp³-hybridized carbons (Fsp3) is 0.458. The van der Waals surface area contributed by atoms with Gasteiger partial charge in [0.05, 0.1) is 0 Å². The van der Waals surface area contributed by atoms with E-state index in [4.69, 9.17) is 0 Å². The molecule has 0 amide bonds. The van der Waals surface area contributed by atoms with Crippen LogP contribution >= 0.6 is 11.8 Å². The number of phenolic OH excluding ortho intramolecular Hbond substituents is 1. The molecule has 0 aliphatic carbocycles. The number of rotatable bonds is 6. The summed E-state index contributed by atoms with van der Waals surface area (Å²) in [7, 11) is 0. The van der Waals surface area contributed by atoms with Gasteiger partial charge >= 0.3 is 0 Å². The second-order valence-electron chi connectivity index (χ2n) is 9.15. The van der Waals surface area contributed by atoms with Gasteiger partial charge in [0.15, 0.2) is 0 Å². The molecule has 0 fully saturated rings. The predicted octanol–water partition coefficient (Wildman–Crippen LogP) is 6.55. The van der Waals surface area contributed by atoms with E-state index in [1.807, 2.05) is 18.2 Å². The number of phenols is 1. The number of benzene rings is 2. The highest BCUT2D eigenvalue weighted by molar-refractivity contribution is 7.98. The molecule has 0 bridgehead atoms. The molecule has 0 aliphatic rings. The quantitative estimate of drug-likeness (QED) is 0.574. The van der Waals surface area contributed by atoms with Crippen LogP contribution < -0.4 is 0 Å². The second kappa shape index (κ2) is 8.52. The van der Waals surface area contributed by atoms with Crippen LogP contribution in [0.3, 0.4) is 0 Å². The van der Waals surface area contributed by atoms with E-state index in [1.54, 1.807) is 11.8 Å². The van der Waals surface area contributed by atoms with Crippen molar-refractivity contribution >= 4 is 18.0 Å². The SMILES string of the molecule is CC(C)(C)c1cc(CSC(CC=O)c2ccccc2)cc(C(C)(C)C)c1O. The first-order valence-electron chi connectivity index (χ1n) is 9.51. The van der Waals surface area contributed by atoms with Gasteiger partial charge in [0.25, 0.3) is 0 Å². The highest BCUT2D eigenvalue weighted by Gasteiger charge is 2.26. The smallest absolute Gasteiger partial charge is 0.123 e. The molecule has 0 aromatic heterocycles. The normalized spacial score (nSPS) is 13.4. The second-order valence-corrected chi connectivity index (χ2v) is 10.3. The van der Waals surface area contributed by atoms with Crippen molar-refractivity contribution in [3.05, 3.63) is 64.7 Å². The average Bonchev–Trinajstić information content (AvgIpc) is 2.58. The van der Waals surface area contributed by atoms with Crippen LogP contribution in [-0.2, 0) is 21.4 Å². The minimum absolute atomic E-state index is 0.133. The lowest BCUT2D eigenvalue weighted by atomic mass is 9.78. The summed E-state index contributed by atoms with van der Waals surface area (Å²) in [5.41, 5.74) is 4.08. The molecular formula is C24H32O2S. The minimum Gasteiger partial charge on any atom is -0.507 e. The fourth-order valence-electron chi connectivity index (χ4n) is 3.17. The number of thioether (sulfide) groups is 1. The molecular weight excluding hydrogens is 352 g/mol. The Labute approximate surface area is 168 Å². The van der Waals surface area contributed by atoms with E-state index in [0.717, 1.165) is 23.2 Å². The van der Waals surface area contributed by atoms with Gasteiger partial charge in [0.1, 0.15) is 12.0 Å². The average molecular weight is 385 g/mol. The van der Waals surface area contributed by atoms with Crippen molar-refractivity contribution in [3.8, 4) is 5.75 Å². The van der Waals surface area contributed by atoms with Crippen LogP contribution in [0.25, 0.3) is 0 Å². The topological polar surface area (TPSA) is 37.3 Å². The maximum atomic E-state index is 11.2. The van der Waals surface area contributed by atoms with Gasteiger partial charge in [-0.3, -0.25) is 0 Å². The molecule has 3 heteroatoms. The van der Waals surface area contributed by atoms with Crippen LogP contribution in [0, 0.1) is 0 Å². The Hall–Kier alpha value is -1.74. The highest BCUT2D eigenvalue weighted by Crippen LogP contribution is 2.41. The van der Waals surface area contributed by atoms with Crippen LogP contribution in [-0.4, -0.2) is 11.4 Å². The molecule has 1 atom stereocenters. The summed E-state index contributed by atoms with van der Waals surface area (Å²) < 4.78 is 0. The molecule has 0 radical (unpaired) electrons. The molecule has 2 aromatic carbocycles. The summed E-state index contributed by atoms with van der Waals surface area (Å²) in [6.45, 7) is 12.8. The van der Waals surface area contributed by atoms with Crippen molar-refractivity contribution < 1.29 is 9.90 Å². The number of hydrogen-bond acceptors (Lipinski definition) is 3. The summed E-state index contributed by atoms with van der Waals surface area (Å²) in [5.74, 6) is 1.22. The Morgan fingerprint density at radius 2 is 1.48 bits per heavy atom. The van der Waals surface area contributed by atoms with Gasteiger partial charge in [0, 0.05) is 17.4 Å². The van der Waals surface area contributed by atoms with Gasteiger partial charge in [-0.1, -0.05) is 84.0 Å². The van der Waals surface area contributed by atoms with E-state index in [-0.39, 0.29) is 16.1 Å². The molecule has 27 heavy (non-hydrogen) atoms. The van der Waals surface area contributed by atoms with Crippen LogP contribution in [0.5, 0.6) is 5.75 Å². The molecule has 0 saturated heterocycles. The van der Waals surface area contributed by atoms with Crippen LogP contribution in [0.1, 0.15) is 75.5 Å². The van der Waals surface area contributed by atoms with Crippen LogP contribution in [0.2, 0.25) is 0 Å². The summed E-state index contributed by atoms with van der Waals surface area (Å²) in [6.07, 6.45) is 1.51. The molecule has 2 rings (SSSR count). The Morgan fingerprint density at radius 3 is 1.93 bits per heavy atom. The summed E-state index contributed by atoms with van der Waals surface area (Å²) >= 11 is 1.78. The summed E-state index contributed by atoms with van der Waals surface area (Å²) in [4.78, 5) is 11.2. The van der Waals surface area contributed by atoms with E-state index in [2.05, 4.69) is 65.8 Å². The van der Waals surface area contributed by atoms with Crippen LogP contribution in [0.4, 0.5) is 0 Å². The largest absolute Gasteiger partial charge is 0.507 e. The fourth-order valence-corrected chi connectivity index (χ4v) is 4.30. The van der Waals surface area contributed by atoms with Gasteiger partial charge in [0.2, 0.25) is 0 Å². The lowest BCUT2D eigenvalue weighted by molar-refractivity contribution is -0.107. The van der Waals surface area contributed by atoms with Crippen molar-refractivity contribution in [2.45, 2.75) is 69.8 Å². The summed E-state index contributed by atoms with van der Waals surface area (Å²) in [6, 6.07) is 14.4. The molecule has 0 heterocycles. The van der Waals surface area contributed by atoms with E-state index >= 15 is 0 Å². The first kappa shape index (κ1) is 21.6. The number of carbonyl (C=O) groups is 1. The number of aldehydes is 1. The van der Waals surface area contributed by atoms with Crippen molar-refractivity contribution in [3.63, 3.8) is 0 Å². The Kier molecular flexibility index (Phi) is 6.80. The van der Waals surface area contributed by atoms with Gasteiger partial charge in [-0.15, -0.1) is 11.8 Å². The molecule has 2 aromatic rings. The van der Waals surface area contributed by atoms with E-state index in [1.165, 1.54) is 11.1 Å². The van der Waals surface area contributed by atoms with Crippen molar-refractivity contribution in [2.24, 2.45) is 0 Å². The zero-order chi connectivity index (χ0) is 20.2. The monoisotopic (exact) mass is 384 g/mol. The first-order chi connectivity index (χ1) is 12.5. The third-order valence-corrected chi connectivity index (χ3v) is 6.09. The lowest BCUT2D eigenvalue weighted by Crippen LogP contribution is -2.17. The number of hydrogen-bond donors (Lipinski definition) is 1. The molecule has 1 N–H and O–H groups in total. The van der Waals surface area contributed by atoms with E-state index in [9.17, 15) is 9.90 Å². The van der Waals surface area contributed by atoms with Gasteiger partial charge in [-0.25, -0.2) is 0 Å². The van der Waals surface area contributed by atoms with Crippen molar-refractivity contribution in [2.75, 3.05) is 0 Å². The standard InChI is InChI=1S/C24H32O2S/c1-23(2,3)19-14-17(15-20(22(19)26)24(4,5)6)16-27-21(12-13-25)18-10-8-7-9-11-18/h7-11,13-15,21,26H,12,16H2,1-6H3.